The number of fused-ring (bicyclic) bond motifs is 1. The quantitative estimate of drug-likeness (QED) is 0.790. The molecule has 0 atom stereocenters. The Morgan fingerprint density at radius 3 is 3.00 bits per heavy atom. The summed E-state index contributed by atoms with van der Waals surface area (Å²) in [4.78, 5) is 19.2. The molecule has 0 aromatic carbocycles. The minimum absolute atomic E-state index is 0.0764. The van der Waals surface area contributed by atoms with Gasteiger partial charge >= 0.3 is 12.0 Å². The van der Waals surface area contributed by atoms with Gasteiger partial charge in [0.2, 0.25) is 0 Å². The van der Waals surface area contributed by atoms with E-state index in [0.717, 1.165) is 11.3 Å². The van der Waals surface area contributed by atoms with Gasteiger partial charge in [0.25, 0.3) is 0 Å². The number of nitrogen functional groups attached to an aromatic ring is 1. The second-order valence-electron chi connectivity index (χ2n) is 2.73. The van der Waals surface area contributed by atoms with Gasteiger partial charge in [-0.25, -0.2) is 9.78 Å². The molecule has 0 amide bonds. The number of carbonyl (C=O) groups is 1. The van der Waals surface area contributed by atoms with Gasteiger partial charge in [-0.15, -0.1) is 11.3 Å². The molecule has 0 bridgehead atoms. The fraction of sp³-hybridized carbons (Fsp3) is 0.125. The van der Waals surface area contributed by atoms with E-state index < -0.39 is 5.97 Å². The van der Waals surface area contributed by atoms with Crippen LogP contribution in [0.3, 0.4) is 0 Å². The molecular formula is C8H7N3O3S. The summed E-state index contributed by atoms with van der Waals surface area (Å²) in [6, 6.07) is 0.195. The number of thiophene rings is 1. The van der Waals surface area contributed by atoms with Crippen molar-refractivity contribution in [3.63, 3.8) is 0 Å². The van der Waals surface area contributed by atoms with E-state index in [1.54, 1.807) is 0 Å². The number of nitrogens with zero attached hydrogens (tertiary/aromatic N) is 2. The van der Waals surface area contributed by atoms with Crippen LogP contribution < -0.4 is 10.5 Å². The Morgan fingerprint density at radius 1 is 1.67 bits per heavy atom. The SMILES string of the molecule is COc1ncc2c(N)c(C(=O)O)sc2n1. The zero-order chi connectivity index (χ0) is 11.0. The van der Waals surface area contributed by atoms with Gasteiger partial charge in [-0.05, 0) is 0 Å². The lowest BCUT2D eigenvalue weighted by atomic mass is 10.3. The van der Waals surface area contributed by atoms with Crippen LogP contribution in [0.5, 0.6) is 6.01 Å². The number of hydrogen-bond donors (Lipinski definition) is 2. The molecule has 78 valence electrons. The van der Waals surface area contributed by atoms with Crippen molar-refractivity contribution in [2.24, 2.45) is 0 Å². The van der Waals surface area contributed by atoms with E-state index in [-0.39, 0.29) is 16.6 Å². The zero-order valence-electron chi connectivity index (χ0n) is 7.72. The van der Waals surface area contributed by atoms with Crippen LogP contribution in [-0.4, -0.2) is 28.2 Å². The number of carboxylic acid groups (broad SMARTS) is 1. The fourth-order valence-electron chi connectivity index (χ4n) is 1.14. The van der Waals surface area contributed by atoms with Crippen LogP contribution in [0.1, 0.15) is 9.67 Å². The molecule has 6 nitrogen and oxygen atoms in total. The average Bonchev–Trinajstić information content (AvgIpc) is 2.55. The largest absolute Gasteiger partial charge is 0.477 e. The maximum Gasteiger partial charge on any atom is 0.348 e. The number of rotatable bonds is 2. The molecule has 15 heavy (non-hydrogen) atoms. The number of nitrogens with two attached hydrogens (primary N) is 1. The van der Waals surface area contributed by atoms with E-state index in [9.17, 15) is 4.79 Å². The van der Waals surface area contributed by atoms with Crippen LogP contribution in [0.15, 0.2) is 6.20 Å². The van der Waals surface area contributed by atoms with Crippen LogP contribution in [0, 0.1) is 0 Å². The van der Waals surface area contributed by atoms with Crippen LogP contribution in [0.4, 0.5) is 5.69 Å². The summed E-state index contributed by atoms with van der Waals surface area (Å²) in [5.74, 6) is -1.06. The number of methoxy groups -OCH3 is 1. The van der Waals surface area contributed by atoms with Crippen LogP contribution >= 0.6 is 11.3 Å². The van der Waals surface area contributed by atoms with Crippen molar-refractivity contribution >= 4 is 33.2 Å². The topological polar surface area (TPSA) is 98.3 Å². The Balaban J connectivity index is 2.70. The molecule has 2 aromatic rings. The van der Waals surface area contributed by atoms with Gasteiger partial charge in [0, 0.05) is 6.20 Å². The summed E-state index contributed by atoms with van der Waals surface area (Å²) in [6.45, 7) is 0. The molecule has 0 saturated heterocycles. The maximum absolute atomic E-state index is 10.8. The normalized spacial score (nSPS) is 10.5. The molecule has 7 heteroatoms. The highest BCUT2D eigenvalue weighted by Gasteiger charge is 2.16. The summed E-state index contributed by atoms with van der Waals surface area (Å²) < 4.78 is 4.83. The summed E-state index contributed by atoms with van der Waals surface area (Å²) in [7, 11) is 1.44. The minimum Gasteiger partial charge on any atom is -0.477 e. The molecule has 0 saturated carbocycles. The van der Waals surface area contributed by atoms with E-state index >= 15 is 0 Å². The molecule has 2 aromatic heterocycles. The van der Waals surface area contributed by atoms with Gasteiger partial charge in [-0.3, -0.25) is 0 Å². The summed E-state index contributed by atoms with van der Waals surface area (Å²) >= 11 is 1.01. The van der Waals surface area contributed by atoms with E-state index in [4.69, 9.17) is 15.6 Å². The Bertz CT molecular complexity index is 537. The lowest BCUT2D eigenvalue weighted by Gasteiger charge is -1.95. The highest BCUT2D eigenvalue weighted by atomic mass is 32.1. The number of hydrogen-bond acceptors (Lipinski definition) is 6. The predicted octanol–water partition coefficient (Wildman–Crippen LogP) is 0.980. The van der Waals surface area contributed by atoms with Crippen molar-refractivity contribution in [1.82, 2.24) is 9.97 Å². The third-order valence-corrected chi connectivity index (χ3v) is 2.95. The van der Waals surface area contributed by atoms with Gasteiger partial charge in [0.15, 0.2) is 0 Å². The van der Waals surface area contributed by atoms with Gasteiger partial charge in [0.1, 0.15) is 9.71 Å². The van der Waals surface area contributed by atoms with Crippen molar-refractivity contribution in [2.45, 2.75) is 0 Å². The second kappa shape index (κ2) is 3.35. The van der Waals surface area contributed by atoms with E-state index in [1.165, 1.54) is 13.3 Å². The Morgan fingerprint density at radius 2 is 2.40 bits per heavy atom. The van der Waals surface area contributed by atoms with Crippen LogP contribution in [0.25, 0.3) is 10.2 Å². The molecule has 0 fully saturated rings. The number of aromatic carboxylic acids is 1. The van der Waals surface area contributed by atoms with Crippen molar-refractivity contribution in [2.75, 3.05) is 12.8 Å². The highest BCUT2D eigenvalue weighted by Crippen LogP contribution is 2.32. The van der Waals surface area contributed by atoms with Crippen molar-refractivity contribution in [3.05, 3.63) is 11.1 Å². The molecule has 0 aliphatic carbocycles. The van der Waals surface area contributed by atoms with Crippen molar-refractivity contribution in [3.8, 4) is 6.01 Å². The average molecular weight is 225 g/mol. The van der Waals surface area contributed by atoms with Crippen molar-refractivity contribution < 1.29 is 14.6 Å². The zero-order valence-corrected chi connectivity index (χ0v) is 8.54. The van der Waals surface area contributed by atoms with Crippen molar-refractivity contribution in [1.29, 1.82) is 0 Å². The number of ether oxygens (including phenoxy) is 1. The van der Waals surface area contributed by atoms with E-state index in [2.05, 4.69) is 9.97 Å². The molecule has 0 aliphatic rings. The summed E-state index contributed by atoms with van der Waals surface area (Å²) in [5, 5.41) is 9.38. The predicted molar refractivity (Wildman–Crippen MR) is 55.3 cm³/mol. The van der Waals surface area contributed by atoms with Gasteiger partial charge < -0.3 is 15.6 Å². The monoisotopic (exact) mass is 225 g/mol. The van der Waals surface area contributed by atoms with E-state index in [1.807, 2.05) is 0 Å². The fourth-order valence-corrected chi connectivity index (χ4v) is 2.04. The van der Waals surface area contributed by atoms with Crippen LogP contribution in [-0.2, 0) is 0 Å². The Hall–Kier alpha value is -1.89. The number of aromatic nitrogens is 2. The molecule has 0 spiro atoms. The summed E-state index contributed by atoms with van der Waals surface area (Å²) in [5.41, 5.74) is 5.84. The molecular weight excluding hydrogens is 218 g/mol. The first kappa shape index (κ1) is 9.66. The molecule has 2 rings (SSSR count). The van der Waals surface area contributed by atoms with Gasteiger partial charge in [-0.1, -0.05) is 0 Å². The lowest BCUT2D eigenvalue weighted by Crippen LogP contribution is -1.97. The standard InChI is InChI=1S/C8H7N3O3S/c1-14-8-10-2-3-4(9)5(7(12)13)15-6(3)11-8/h2H,9H2,1H3,(H,12,13). The molecule has 0 unspecified atom stereocenters. The first-order valence-corrected chi connectivity index (χ1v) is 4.77. The van der Waals surface area contributed by atoms with Gasteiger partial charge in [-0.2, -0.15) is 4.98 Å². The number of carboxylic acids is 1. The molecule has 2 heterocycles. The van der Waals surface area contributed by atoms with E-state index in [0.29, 0.717) is 10.2 Å². The second-order valence-corrected chi connectivity index (χ2v) is 3.72. The Kier molecular flexibility index (Phi) is 2.16. The molecule has 0 radical (unpaired) electrons. The lowest BCUT2D eigenvalue weighted by molar-refractivity contribution is 0.0703. The van der Waals surface area contributed by atoms with Gasteiger partial charge in [0.05, 0.1) is 18.2 Å². The highest BCUT2D eigenvalue weighted by molar-refractivity contribution is 7.21. The third-order valence-electron chi connectivity index (χ3n) is 1.84. The molecule has 3 N–H and O–H groups in total. The maximum atomic E-state index is 10.8. The number of anilines is 1. The Labute approximate surface area is 88.3 Å². The van der Waals surface area contributed by atoms with Crippen LogP contribution in [0.2, 0.25) is 0 Å². The first-order valence-electron chi connectivity index (χ1n) is 3.95. The smallest absolute Gasteiger partial charge is 0.348 e. The third kappa shape index (κ3) is 1.46. The summed E-state index contributed by atoms with van der Waals surface area (Å²) in [6.07, 6.45) is 1.46. The minimum atomic E-state index is -1.06. The molecule has 0 aliphatic heterocycles. The first-order chi connectivity index (χ1) is 7.13.